The molecule has 0 aliphatic heterocycles. The molecule has 0 saturated heterocycles. The Morgan fingerprint density at radius 2 is 2.25 bits per heavy atom. The lowest BCUT2D eigenvalue weighted by atomic mass is 10.3. The van der Waals surface area contributed by atoms with Crippen molar-refractivity contribution in [2.75, 3.05) is 6.61 Å². The van der Waals surface area contributed by atoms with Crippen LogP contribution in [-0.2, 0) is 6.54 Å². The third kappa shape index (κ3) is 1.26. The number of imidazole rings is 1. The van der Waals surface area contributed by atoms with Crippen LogP contribution in [0.2, 0.25) is 0 Å². The van der Waals surface area contributed by atoms with E-state index in [0.717, 1.165) is 0 Å². The summed E-state index contributed by atoms with van der Waals surface area (Å²) in [6.07, 6.45) is 1.37. The molecule has 1 aromatic rings. The molecule has 0 aliphatic carbocycles. The molecule has 0 radical (unpaired) electrons. The molecule has 1 aromatic heterocycles. The highest BCUT2D eigenvalue weighted by Crippen LogP contribution is 2.03. The predicted molar refractivity (Wildman–Crippen MR) is 38.7 cm³/mol. The number of aliphatic hydroxyl groups excluding tert-OH is 1. The zero-order valence-electron chi connectivity index (χ0n) is 6.23. The van der Waals surface area contributed by atoms with Gasteiger partial charge in [-0.1, -0.05) is 0 Å². The molecule has 0 aromatic carbocycles. The number of hydrogen-bond acceptors (Lipinski definition) is 4. The molecule has 5 nitrogen and oxygen atoms in total. The van der Waals surface area contributed by atoms with Crippen molar-refractivity contribution in [3.63, 3.8) is 0 Å². The van der Waals surface area contributed by atoms with Gasteiger partial charge < -0.3 is 9.67 Å². The molecule has 0 amide bonds. The summed E-state index contributed by atoms with van der Waals surface area (Å²) in [6, 6.07) is 3.64. The van der Waals surface area contributed by atoms with Gasteiger partial charge in [0.25, 0.3) is 0 Å². The highest BCUT2D eigenvalue weighted by molar-refractivity contribution is 5.35. The zero-order valence-corrected chi connectivity index (χ0v) is 6.23. The largest absolute Gasteiger partial charge is 0.395 e. The fraction of sp³-hybridized carbons (Fsp3) is 0.286. The van der Waals surface area contributed by atoms with Crippen molar-refractivity contribution in [1.29, 1.82) is 10.5 Å². The highest BCUT2D eigenvalue weighted by Gasteiger charge is 2.08. The average molecular weight is 162 g/mol. The summed E-state index contributed by atoms with van der Waals surface area (Å²) in [7, 11) is 0. The highest BCUT2D eigenvalue weighted by atomic mass is 16.3. The van der Waals surface area contributed by atoms with Crippen molar-refractivity contribution in [3.8, 4) is 12.1 Å². The zero-order chi connectivity index (χ0) is 8.97. The van der Waals surface area contributed by atoms with E-state index >= 15 is 0 Å². The number of hydrogen-bond donors (Lipinski definition) is 1. The van der Waals surface area contributed by atoms with Crippen LogP contribution in [0.1, 0.15) is 11.4 Å². The van der Waals surface area contributed by atoms with Gasteiger partial charge in [-0.25, -0.2) is 4.98 Å². The van der Waals surface area contributed by atoms with Crippen molar-refractivity contribution in [2.45, 2.75) is 6.54 Å². The fourth-order valence-corrected chi connectivity index (χ4v) is 0.859. The van der Waals surface area contributed by atoms with E-state index in [0.29, 0.717) is 0 Å². The number of nitriles is 2. The molecule has 0 unspecified atom stereocenters. The van der Waals surface area contributed by atoms with Gasteiger partial charge in [0.2, 0.25) is 0 Å². The smallest absolute Gasteiger partial charge is 0.176 e. The van der Waals surface area contributed by atoms with Gasteiger partial charge in [0.1, 0.15) is 12.1 Å². The van der Waals surface area contributed by atoms with E-state index < -0.39 is 0 Å². The minimum Gasteiger partial charge on any atom is -0.395 e. The first kappa shape index (κ1) is 8.25. The van der Waals surface area contributed by atoms with Gasteiger partial charge in [0, 0.05) is 6.54 Å². The molecule has 0 aliphatic rings. The number of rotatable bonds is 2. The van der Waals surface area contributed by atoms with E-state index in [4.69, 9.17) is 15.6 Å². The van der Waals surface area contributed by atoms with E-state index in [9.17, 15) is 0 Å². The molecule has 1 N–H and O–H groups in total. The minimum atomic E-state index is -0.0735. The van der Waals surface area contributed by atoms with Crippen LogP contribution in [0.25, 0.3) is 0 Å². The summed E-state index contributed by atoms with van der Waals surface area (Å²) in [5, 5.41) is 25.7. The van der Waals surface area contributed by atoms with E-state index in [1.165, 1.54) is 10.9 Å². The second-order valence-corrected chi connectivity index (χ2v) is 2.08. The molecule has 0 spiro atoms. The minimum absolute atomic E-state index is 0.0735. The van der Waals surface area contributed by atoms with Crippen molar-refractivity contribution in [2.24, 2.45) is 0 Å². The summed E-state index contributed by atoms with van der Waals surface area (Å²) in [5.74, 6) is 0. The summed E-state index contributed by atoms with van der Waals surface area (Å²) in [5.41, 5.74) is 0.303. The van der Waals surface area contributed by atoms with Crippen LogP contribution in [0.4, 0.5) is 0 Å². The lowest BCUT2D eigenvalue weighted by Gasteiger charge is -1.97. The molecule has 1 heterocycles. The lowest BCUT2D eigenvalue weighted by Crippen LogP contribution is -2.03. The quantitative estimate of drug-likeness (QED) is 0.642. The number of aromatic nitrogens is 2. The number of aliphatic hydroxyl groups is 1. The van der Waals surface area contributed by atoms with Crippen molar-refractivity contribution < 1.29 is 5.11 Å². The van der Waals surface area contributed by atoms with Gasteiger partial charge in [0.15, 0.2) is 11.4 Å². The second kappa shape index (κ2) is 3.51. The van der Waals surface area contributed by atoms with Crippen LogP contribution < -0.4 is 0 Å². The van der Waals surface area contributed by atoms with Gasteiger partial charge in [-0.15, -0.1) is 0 Å². The van der Waals surface area contributed by atoms with Crippen molar-refractivity contribution in [3.05, 3.63) is 17.7 Å². The Balaban J connectivity index is 3.09. The first-order valence-corrected chi connectivity index (χ1v) is 3.29. The molecular weight excluding hydrogens is 156 g/mol. The summed E-state index contributed by atoms with van der Waals surface area (Å²) in [6.45, 7) is 0.216. The Bertz CT molecular complexity index is 354. The molecular formula is C7H6N4O. The Kier molecular flexibility index (Phi) is 2.42. The van der Waals surface area contributed by atoms with E-state index in [-0.39, 0.29) is 24.5 Å². The van der Waals surface area contributed by atoms with Crippen LogP contribution in [0.3, 0.4) is 0 Å². The summed E-state index contributed by atoms with van der Waals surface area (Å²) in [4.78, 5) is 3.69. The Morgan fingerprint density at radius 3 is 2.75 bits per heavy atom. The van der Waals surface area contributed by atoms with Gasteiger partial charge in [-0.05, 0) is 0 Å². The maximum Gasteiger partial charge on any atom is 0.176 e. The third-order valence-electron chi connectivity index (χ3n) is 1.39. The molecule has 1 rings (SSSR count). The van der Waals surface area contributed by atoms with Crippen LogP contribution in [0.5, 0.6) is 0 Å². The monoisotopic (exact) mass is 162 g/mol. The van der Waals surface area contributed by atoms with Crippen LogP contribution in [0, 0.1) is 22.7 Å². The lowest BCUT2D eigenvalue weighted by molar-refractivity contribution is 0.275. The maximum atomic E-state index is 8.60. The first-order chi connectivity index (χ1) is 5.83. The van der Waals surface area contributed by atoms with E-state index in [1.54, 1.807) is 6.07 Å². The maximum absolute atomic E-state index is 8.60. The van der Waals surface area contributed by atoms with Crippen LogP contribution >= 0.6 is 0 Å². The molecule has 0 saturated carbocycles. The Morgan fingerprint density at radius 1 is 1.50 bits per heavy atom. The third-order valence-corrected chi connectivity index (χ3v) is 1.39. The molecule has 60 valence electrons. The summed E-state index contributed by atoms with van der Waals surface area (Å²) >= 11 is 0. The predicted octanol–water partition coefficient (Wildman–Crippen LogP) is -0.381. The first-order valence-electron chi connectivity index (χ1n) is 3.29. The SMILES string of the molecule is N#Cc1ncn(CCO)c1C#N. The van der Waals surface area contributed by atoms with Gasteiger partial charge in [0.05, 0.1) is 12.9 Å². The molecule has 12 heavy (non-hydrogen) atoms. The summed E-state index contributed by atoms with van der Waals surface area (Å²) < 4.78 is 1.44. The fourth-order valence-electron chi connectivity index (χ4n) is 0.859. The van der Waals surface area contributed by atoms with Crippen molar-refractivity contribution >= 4 is 0 Å². The second-order valence-electron chi connectivity index (χ2n) is 2.08. The van der Waals surface area contributed by atoms with Crippen molar-refractivity contribution in [1.82, 2.24) is 9.55 Å². The van der Waals surface area contributed by atoms with Gasteiger partial charge in [-0.3, -0.25) is 0 Å². The standard InChI is InChI=1S/C7H6N4O/c8-3-6-7(4-9)11(1-2-12)5-10-6/h5,12H,1-2H2. The molecule has 5 heteroatoms. The molecule has 0 atom stereocenters. The normalized spacial score (nSPS) is 8.92. The van der Waals surface area contributed by atoms with E-state index in [1.807, 2.05) is 6.07 Å². The Hall–Kier alpha value is -1.85. The number of nitrogens with zero attached hydrogens (tertiary/aromatic N) is 4. The van der Waals surface area contributed by atoms with Gasteiger partial charge in [-0.2, -0.15) is 10.5 Å². The molecule has 0 fully saturated rings. The average Bonchev–Trinajstić information content (AvgIpc) is 2.47. The molecule has 0 bridgehead atoms. The van der Waals surface area contributed by atoms with Gasteiger partial charge >= 0.3 is 0 Å². The van der Waals surface area contributed by atoms with E-state index in [2.05, 4.69) is 4.98 Å². The Labute approximate surface area is 69.1 Å². The van der Waals surface area contributed by atoms with Crippen LogP contribution in [-0.4, -0.2) is 21.3 Å². The topological polar surface area (TPSA) is 85.6 Å². The van der Waals surface area contributed by atoms with Crippen LogP contribution in [0.15, 0.2) is 6.33 Å².